The molecular weight excluding hydrogens is 306 g/mol. The highest BCUT2D eigenvalue weighted by Crippen LogP contribution is 2.25. The predicted octanol–water partition coefficient (Wildman–Crippen LogP) is 2.95. The molecule has 0 bridgehead atoms. The fourth-order valence-corrected chi connectivity index (χ4v) is 2.76. The highest BCUT2D eigenvalue weighted by Gasteiger charge is 2.11. The van der Waals surface area contributed by atoms with E-state index in [2.05, 4.69) is 0 Å². The van der Waals surface area contributed by atoms with Crippen LogP contribution in [0.3, 0.4) is 0 Å². The Hall–Kier alpha value is -3.18. The van der Waals surface area contributed by atoms with Gasteiger partial charge in [0.1, 0.15) is 11.2 Å². The number of hydrogen-bond donors (Lipinski definition) is 1. The van der Waals surface area contributed by atoms with E-state index in [0.29, 0.717) is 11.2 Å². The smallest absolute Gasteiger partial charge is 0.336 e. The first-order chi connectivity index (χ1) is 11.6. The molecule has 4 rings (SSSR count). The van der Waals surface area contributed by atoms with Crippen LogP contribution in [0.15, 0.2) is 79.1 Å². The van der Waals surface area contributed by atoms with Gasteiger partial charge in [-0.25, -0.2) is 9.59 Å². The molecule has 2 heterocycles. The summed E-state index contributed by atoms with van der Waals surface area (Å²) in [7, 11) is 0. The zero-order chi connectivity index (χ0) is 16.7. The summed E-state index contributed by atoms with van der Waals surface area (Å²) in [4.78, 5) is 22.5. The van der Waals surface area contributed by atoms with Gasteiger partial charge in [-0.1, -0.05) is 12.1 Å². The molecule has 0 unspecified atom stereocenters. The maximum Gasteiger partial charge on any atom is 0.336 e. The van der Waals surface area contributed by atoms with Gasteiger partial charge >= 0.3 is 11.3 Å². The molecule has 0 aliphatic carbocycles. The third kappa shape index (κ3) is 2.51. The summed E-state index contributed by atoms with van der Waals surface area (Å²) in [6, 6.07) is 16.8. The third-order valence-corrected chi connectivity index (χ3v) is 4.00. The quantitative estimate of drug-likeness (QED) is 0.574. The topological polar surface area (TPSA) is 86.4 Å². The lowest BCUT2D eigenvalue weighted by Crippen LogP contribution is -2.12. The maximum atomic E-state index is 11.2. The predicted molar refractivity (Wildman–Crippen MR) is 91.0 cm³/mol. The average molecular weight is 319 g/mol. The lowest BCUT2D eigenvalue weighted by Gasteiger charge is -2.13. The van der Waals surface area contributed by atoms with E-state index in [-0.39, 0.29) is 17.3 Å². The minimum absolute atomic E-state index is 0.349. The first-order valence-electron chi connectivity index (χ1n) is 7.43. The van der Waals surface area contributed by atoms with Crippen molar-refractivity contribution in [3.63, 3.8) is 0 Å². The summed E-state index contributed by atoms with van der Waals surface area (Å²) in [5, 5.41) is 1.63. The van der Waals surface area contributed by atoms with Crippen LogP contribution in [0.1, 0.15) is 17.2 Å². The van der Waals surface area contributed by atoms with Crippen molar-refractivity contribution in [2.75, 3.05) is 0 Å². The molecule has 0 saturated carbocycles. The summed E-state index contributed by atoms with van der Waals surface area (Å²) < 4.78 is 10.3. The highest BCUT2D eigenvalue weighted by atomic mass is 16.4. The van der Waals surface area contributed by atoms with Gasteiger partial charge in [-0.15, -0.1) is 0 Å². The van der Waals surface area contributed by atoms with E-state index in [1.807, 2.05) is 24.3 Å². The Morgan fingerprint density at radius 3 is 1.58 bits per heavy atom. The second-order valence-corrected chi connectivity index (χ2v) is 5.58. The molecule has 2 aromatic carbocycles. The summed E-state index contributed by atoms with van der Waals surface area (Å²) in [5.41, 5.74) is 8.46. The number of fused-ring (bicyclic) bond motifs is 2. The van der Waals surface area contributed by atoms with Crippen molar-refractivity contribution in [3.05, 3.63) is 92.6 Å². The van der Waals surface area contributed by atoms with Crippen molar-refractivity contribution >= 4 is 21.9 Å². The van der Waals surface area contributed by atoms with E-state index in [1.54, 1.807) is 24.3 Å². The maximum absolute atomic E-state index is 11.2. The fourth-order valence-electron chi connectivity index (χ4n) is 2.76. The van der Waals surface area contributed by atoms with Crippen LogP contribution in [0.4, 0.5) is 0 Å². The van der Waals surface area contributed by atoms with Crippen LogP contribution in [0.2, 0.25) is 0 Å². The van der Waals surface area contributed by atoms with Crippen LogP contribution >= 0.6 is 0 Å². The average Bonchev–Trinajstić information content (AvgIpc) is 2.60. The first-order valence-corrected chi connectivity index (χ1v) is 7.43. The van der Waals surface area contributed by atoms with Crippen molar-refractivity contribution in [2.24, 2.45) is 5.73 Å². The summed E-state index contributed by atoms with van der Waals surface area (Å²) in [5.74, 6) is 0. The van der Waals surface area contributed by atoms with E-state index in [4.69, 9.17) is 14.6 Å². The van der Waals surface area contributed by atoms with Crippen molar-refractivity contribution in [1.29, 1.82) is 0 Å². The highest BCUT2D eigenvalue weighted by molar-refractivity contribution is 5.79. The van der Waals surface area contributed by atoms with E-state index in [9.17, 15) is 9.59 Å². The van der Waals surface area contributed by atoms with Gasteiger partial charge < -0.3 is 14.6 Å². The van der Waals surface area contributed by atoms with E-state index < -0.39 is 0 Å². The minimum Gasteiger partial charge on any atom is -0.423 e. The van der Waals surface area contributed by atoms with Gasteiger partial charge in [0, 0.05) is 22.9 Å². The number of benzene rings is 2. The zero-order valence-corrected chi connectivity index (χ0v) is 12.6. The molecule has 118 valence electrons. The van der Waals surface area contributed by atoms with Crippen LogP contribution in [-0.2, 0) is 0 Å². The Labute approximate surface area is 135 Å². The number of hydrogen-bond acceptors (Lipinski definition) is 5. The first kappa shape index (κ1) is 14.4. The van der Waals surface area contributed by atoms with Gasteiger partial charge in [-0.2, -0.15) is 0 Å². The standard InChI is InChI=1S/C19H13NO4/c20-19(13-1-5-15-11(9-13)3-7-17(21)23-15)14-2-6-16-12(10-14)4-8-18(22)24-16/h1-10,19H,20H2. The molecule has 5 heteroatoms. The molecule has 0 aliphatic rings. The Morgan fingerprint density at radius 1 is 0.667 bits per heavy atom. The van der Waals surface area contributed by atoms with Crippen LogP contribution in [0.25, 0.3) is 21.9 Å². The van der Waals surface area contributed by atoms with Crippen molar-refractivity contribution in [2.45, 2.75) is 6.04 Å². The molecule has 0 fully saturated rings. The largest absolute Gasteiger partial charge is 0.423 e. The summed E-state index contributed by atoms with van der Waals surface area (Å²) in [6.45, 7) is 0. The summed E-state index contributed by atoms with van der Waals surface area (Å²) in [6.07, 6.45) is 0. The molecule has 2 N–H and O–H groups in total. The van der Waals surface area contributed by atoms with Crippen LogP contribution in [0.5, 0.6) is 0 Å². The van der Waals surface area contributed by atoms with Crippen LogP contribution < -0.4 is 17.0 Å². The molecular formula is C19H13NO4. The number of rotatable bonds is 2. The van der Waals surface area contributed by atoms with E-state index >= 15 is 0 Å². The van der Waals surface area contributed by atoms with Gasteiger partial charge in [0.25, 0.3) is 0 Å². The van der Waals surface area contributed by atoms with Gasteiger partial charge in [-0.05, 0) is 47.5 Å². The molecule has 0 amide bonds. The fraction of sp³-hybridized carbons (Fsp3) is 0.0526. The van der Waals surface area contributed by atoms with Crippen LogP contribution in [0, 0.1) is 0 Å². The molecule has 24 heavy (non-hydrogen) atoms. The normalized spacial score (nSPS) is 11.4. The minimum atomic E-state index is -0.379. The second-order valence-electron chi connectivity index (χ2n) is 5.58. The lowest BCUT2D eigenvalue weighted by atomic mass is 9.97. The Morgan fingerprint density at radius 2 is 1.12 bits per heavy atom. The van der Waals surface area contributed by atoms with Crippen molar-refractivity contribution < 1.29 is 8.83 Å². The van der Waals surface area contributed by atoms with Gasteiger partial charge in [-0.3, -0.25) is 0 Å². The molecule has 0 aliphatic heterocycles. The molecule has 0 saturated heterocycles. The van der Waals surface area contributed by atoms with E-state index in [1.165, 1.54) is 12.1 Å². The molecule has 0 spiro atoms. The molecule has 4 aromatic rings. The van der Waals surface area contributed by atoms with E-state index in [0.717, 1.165) is 21.9 Å². The van der Waals surface area contributed by atoms with Crippen molar-refractivity contribution in [3.8, 4) is 0 Å². The third-order valence-electron chi connectivity index (χ3n) is 4.00. The Balaban J connectivity index is 1.78. The Kier molecular flexibility index (Phi) is 3.29. The molecule has 5 nitrogen and oxygen atoms in total. The molecule has 2 aromatic heterocycles. The second kappa shape index (κ2) is 5.47. The summed E-state index contributed by atoms with van der Waals surface area (Å²) >= 11 is 0. The van der Waals surface area contributed by atoms with Gasteiger partial charge in [0.2, 0.25) is 0 Å². The molecule has 0 atom stereocenters. The van der Waals surface area contributed by atoms with Crippen LogP contribution in [-0.4, -0.2) is 0 Å². The lowest BCUT2D eigenvalue weighted by molar-refractivity contribution is 0.561. The Bertz CT molecular complexity index is 1080. The molecule has 0 radical (unpaired) electrons. The van der Waals surface area contributed by atoms with Gasteiger partial charge in [0.05, 0.1) is 6.04 Å². The SMILES string of the molecule is NC(c1ccc2oc(=O)ccc2c1)c1ccc2oc(=O)ccc2c1. The van der Waals surface area contributed by atoms with Crippen molar-refractivity contribution in [1.82, 2.24) is 0 Å². The van der Waals surface area contributed by atoms with Gasteiger partial charge in [0.15, 0.2) is 0 Å². The number of nitrogens with two attached hydrogens (primary N) is 1. The monoisotopic (exact) mass is 319 g/mol. The zero-order valence-electron chi connectivity index (χ0n) is 12.6.